The van der Waals surface area contributed by atoms with Gasteiger partial charge < -0.3 is 9.80 Å². The molecule has 0 aliphatic carbocycles. The van der Waals surface area contributed by atoms with E-state index in [0.717, 1.165) is 25.6 Å². The van der Waals surface area contributed by atoms with Gasteiger partial charge in [-0.05, 0) is 23.4 Å². The van der Waals surface area contributed by atoms with Crippen LogP contribution in [0.2, 0.25) is 0 Å². The largest absolute Gasteiger partial charge is 0.349 e. The van der Waals surface area contributed by atoms with Crippen LogP contribution in [0.5, 0.6) is 0 Å². The highest BCUT2D eigenvalue weighted by atomic mass is 32.1. The standard InChI is InChI=1S/C14H24N4S/c1-16(2)14(17(3)4)15-7-9-18-8-5-13-12(11-18)6-10-19-13/h6,10H,5,7-9,11H2,1-4H3. The molecule has 0 amide bonds. The van der Waals surface area contributed by atoms with Gasteiger partial charge in [-0.2, -0.15) is 0 Å². The minimum Gasteiger partial charge on any atom is -0.349 e. The molecule has 4 nitrogen and oxygen atoms in total. The van der Waals surface area contributed by atoms with E-state index in [4.69, 9.17) is 0 Å². The van der Waals surface area contributed by atoms with Crippen LogP contribution >= 0.6 is 11.3 Å². The molecular weight excluding hydrogens is 256 g/mol. The van der Waals surface area contributed by atoms with Crippen LogP contribution in [0.3, 0.4) is 0 Å². The molecule has 1 aromatic heterocycles. The second kappa shape index (κ2) is 6.39. The topological polar surface area (TPSA) is 22.1 Å². The first-order valence-electron chi connectivity index (χ1n) is 6.74. The molecule has 0 saturated heterocycles. The Kier molecular flexibility index (Phi) is 4.82. The minimum atomic E-state index is 0.866. The molecule has 0 saturated carbocycles. The third-order valence-electron chi connectivity index (χ3n) is 3.36. The molecule has 0 N–H and O–H groups in total. The van der Waals surface area contributed by atoms with Crippen molar-refractivity contribution in [2.45, 2.75) is 13.0 Å². The fraction of sp³-hybridized carbons (Fsp3) is 0.643. The lowest BCUT2D eigenvalue weighted by atomic mass is 10.1. The quantitative estimate of drug-likeness (QED) is 0.620. The number of hydrogen-bond acceptors (Lipinski definition) is 3. The van der Waals surface area contributed by atoms with Crippen molar-refractivity contribution in [3.8, 4) is 0 Å². The molecule has 0 atom stereocenters. The first-order valence-corrected chi connectivity index (χ1v) is 7.62. The van der Waals surface area contributed by atoms with Crippen LogP contribution in [0.4, 0.5) is 0 Å². The predicted octanol–water partition coefficient (Wildman–Crippen LogP) is 1.59. The van der Waals surface area contributed by atoms with E-state index in [1.807, 2.05) is 39.5 Å². The lowest BCUT2D eigenvalue weighted by Crippen LogP contribution is -2.37. The van der Waals surface area contributed by atoms with Crippen molar-refractivity contribution in [1.82, 2.24) is 14.7 Å². The molecule has 5 heteroatoms. The van der Waals surface area contributed by atoms with Crippen LogP contribution in [0, 0.1) is 0 Å². The summed E-state index contributed by atoms with van der Waals surface area (Å²) in [7, 11) is 8.16. The maximum absolute atomic E-state index is 4.69. The molecular formula is C14H24N4S. The van der Waals surface area contributed by atoms with Gasteiger partial charge in [0.1, 0.15) is 0 Å². The first-order chi connectivity index (χ1) is 9.08. The molecule has 1 aliphatic heterocycles. The minimum absolute atomic E-state index is 0.866. The molecule has 1 aliphatic rings. The Balaban J connectivity index is 1.85. The molecule has 0 bridgehead atoms. The van der Waals surface area contributed by atoms with Crippen LogP contribution in [-0.2, 0) is 13.0 Å². The number of nitrogens with zero attached hydrogens (tertiary/aromatic N) is 4. The van der Waals surface area contributed by atoms with E-state index in [9.17, 15) is 0 Å². The molecule has 0 aromatic carbocycles. The van der Waals surface area contributed by atoms with E-state index >= 15 is 0 Å². The maximum Gasteiger partial charge on any atom is 0.195 e. The van der Waals surface area contributed by atoms with Gasteiger partial charge in [0, 0.05) is 52.7 Å². The molecule has 1 aromatic rings. The highest BCUT2D eigenvalue weighted by Crippen LogP contribution is 2.23. The second-order valence-electron chi connectivity index (χ2n) is 5.37. The van der Waals surface area contributed by atoms with Gasteiger partial charge in [0.15, 0.2) is 5.96 Å². The van der Waals surface area contributed by atoms with Crippen LogP contribution in [0.15, 0.2) is 16.4 Å². The zero-order valence-corrected chi connectivity index (χ0v) is 13.2. The number of hydrogen-bond donors (Lipinski definition) is 0. The van der Waals surface area contributed by atoms with Crippen LogP contribution in [0.25, 0.3) is 0 Å². The van der Waals surface area contributed by atoms with Crippen molar-refractivity contribution in [1.29, 1.82) is 0 Å². The Labute approximate surface area is 120 Å². The molecule has 19 heavy (non-hydrogen) atoms. The van der Waals surface area contributed by atoms with Gasteiger partial charge >= 0.3 is 0 Å². The van der Waals surface area contributed by atoms with Crippen molar-refractivity contribution >= 4 is 17.3 Å². The summed E-state index contributed by atoms with van der Waals surface area (Å²) in [6.45, 7) is 4.17. The zero-order valence-electron chi connectivity index (χ0n) is 12.4. The van der Waals surface area contributed by atoms with Gasteiger partial charge in [0.25, 0.3) is 0 Å². The van der Waals surface area contributed by atoms with Gasteiger partial charge in [-0.1, -0.05) is 0 Å². The second-order valence-corrected chi connectivity index (χ2v) is 6.37. The summed E-state index contributed by atoms with van der Waals surface area (Å²) in [6, 6.07) is 2.26. The average Bonchev–Trinajstić information content (AvgIpc) is 2.80. The summed E-state index contributed by atoms with van der Waals surface area (Å²) < 4.78 is 0. The molecule has 0 spiro atoms. The van der Waals surface area contributed by atoms with Crippen LogP contribution < -0.4 is 0 Å². The Bertz CT molecular complexity index is 426. The summed E-state index contributed by atoms with van der Waals surface area (Å²) in [5.74, 6) is 1.04. The van der Waals surface area contributed by atoms with E-state index in [1.165, 1.54) is 18.5 Å². The van der Waals surface area contributed by atoms with Crippen molar-refractivity contribution in [3.63, 3.8) is 0 Å². The van der Waals surface area contributed by atoms with Crippen molar-refractivity contribution in [3.05, 3.63) is 21.9 Å². The summed E-state index contributed by atoms with van der Waals surface area (Å²) in [5, 5.41) is 2.21. The first kappa shape index (κ1) is 14.3. The lowest BCUT2D eigenvalue weighted by Gasteiger charge is -2.27. The Hall–Kier alpha value is -1.07. The van der Waals surface area contributed by atoms with E-state index in [-0.39, 0.29) is 0 Å². The summed E-state index contributed by atoms with van der Waals surface area (Å²) in [4.78, 5) is 12.9. The number of aliphatic imine (C=N–C) groups is 1. The summed E-state index contributed by atoms with van der Waals surface area (Å²) in [5.41, 5.74) is 1.51. The van der Waals surface area contributed by atoms with E-state index in [0.29, 0.717) is 0 Å². The van der Waals surface area contributed by atoms with Crippen molar-refractivity contribution in [2.24, 2.45) is 4.99 Å². The smallest absolute Gasteiger partial charge is 0.195 e. The highest BCUT2D eigenvalue weighted by molar-refractivity contribution is 7.10. The number of fused-ring (bicyclic) bond motifs is 1. The van der Waals surface area contributed by atoms with E-state index in [1.54, 1.807) is 4.88 Å². The van der Waals surface area contributed by atoms with Gasteiger partial charge in [-0.3, -0.25) is 9.89 Å². The van der Waals surface area contributed by atoms with Gasteiger partial charge in [-0.15, -0.1) is 11.3 Å². The SMILES string of the molecule is CN(C)C(=NCCN1CCc2sccc2C1)N(C)C. The van der Waals surface area contributed by atoms with Gasteiger partial charge in [-0.25, -0.2) is 0 Å². The number of guanidine groups is 1. The predicted molar refractivity (Wildman–Crippen MR) is 83.0 cm³/mol. The van der Waals surface area contributed by atoms with Gasteiger partial charge in [0.2, 0.25) is 0 Å². The Morgan fingerprint density at radius 2 is 2.05 bits per heavy atom. The fourth-order valence-electron chi connectivity index (χ4n) is 2.47. The maximum atomic E-state index is 4.69. The fourth-order valence-corrected chi connectivity index (χ4v) is 3.36. The number of rotatable bonds is 3. The van der Waals surface area contributed by atoms with Gasteiger partial charge in [0.05, 0.1) is 6.54 Å². The molecule has 0 radical (unpaired) electrons. The third kappa shape index (κ3) is 3.70. The molecule has 0 unspecified atom stereocenters. The van der Waals surface area contributed by atoms with Crippen molar-refractivity contribution in [2.75, 3.05) is 47.8 Å². The molecule has 0 fully saturated rings. The van der Waals surface area contributed by atoms with E-state index < -0.39 is 0 Å². The monoisotopic (exact) mass is 280 g/mol. The zero-order chi connectivity index (χ0) is 13.8. The summed E-state index contributed by atoms with van der Waals surface area (Å²) >= 11 is 1.90. The average molecular weight is 280 g/mol. The normalized spacial score (nSPS) is 14.9. The lowest BCUT2D eigenvalue weighted by molar-refractivity contribution is 0.263. The molecule has 2 heterocycles. The van der Waals surface area contributed by atoms with E-state index in [2.05, 4.69) is 31.1 Å². The Morgan fingerprint density at radius 3 is 2.74 bits per heavy atom. The summed E-state index contributed by atoms with van der Waals surface area (Å²) in [6.07, 6.45) is 1.20. The Morgan fingerprint density at radius 1 is 1.32 bits per heavy atom. The van der Waals surface area contributed by atoms with Crippen molar-refractivity contribution < 1.29 is 0 Å². The number of thiophene rings is 1. The van der Waals surface area contributed by atoms with Crippen LogP contribution in [0.1, 0.15) is 10.4 Å². The molecule has 106 valence electrons. The third-order valence-corrected chi connectivity index (χ3v) is 4.38. The van der Waals surface area contributed by atoms with Crippen LogP contribution in [-0.4, -0.2) is 68.5 Å². The molecule has 2 rings (SSSR count). The highest BCUT2D eigenvalue weighted by Gasteiger charge is 2.16.